The van der Waals surface area contributed by atoms with Gasteiger partial charge in [-0.15, -0.1) is 0 Å². The lowest BCUT2D eigenvalue weighted by Gasteiger charge is -2.42. The molecule has 8 aromatic carbocycles. The van der Waals surface area contributed by atoms with E-state index in [-0.39, 0.29) is 10.8 Å². The summed E-state index contributed by atoms with van der Waals surface area (Å²) in [4.78, 5) is 10.9. The molecular weight excluding hydrogens is 753 g/mol. The molecule has 1 aliphatic rings. The fourth-order valence-corrected chi connectivity index (χ4v) is 10.4. The summed E-state index contributed by atoms with van der Waals surface area (Å²) in [5.41, 5.74) is 15.0. The molecule has 62 heavy (non-hydrogen) atoms. The maximum Gasteiger partial charge on any atom is 0.161 e. The zero-order valence-corrected chi connectivity index (χ0v) is 35.5. The quantitative estimate of drug-likeness (QED) is 0.174. The van der Waals surface area contributed by atoms with Crippen molar-refractivity contribution < 1.29 is 0 Å². The topological polar surface area (TPSA) is 35.6 Å². The Morgan fingerprint density at radius 3 is 1.61 bits per heavy atom. The number of nitrogens with zero attached hydrogens (tertiary/aromatic N) is 4. The first-order valence-electron chi connectivity index (χ1n) is 21.9. The van der Waals surface area contributed by atoms with Crippen molar-refractivity contribution in [2.24, 2.45) is 0 Å². The van der Waals surface area contributed by atoms with Crippen LogP contribution in [0.5, 0.6) is 0 Å². The SMILES string of the molecule is CC1(C)CCC(C)(C)c2cc3c(cc21)c1ccccc1n3-c1cc(-c2nc(-c3ccccc3)cc(-c3ccc4c(c3)c3ccccc3n4-c3ccccc3)n2)c2ccccc2c1. The molecule has 0 fully saturated rings. The number of aromatic nitrogens is 4. The lowest BCUT2D eigenvalue weighted by molar-refractivity contribution is 0.332. The van der Waals surface area contributed by atoms with E-state index >= 15 is 0 Å². The fraction of sp³-hybridized carbons (Fsp3) is 0.138. The van der Waals surface area contributed by atoms with Crippen LogP contribution in [0, 0.1) is 0 Å². The average molecular weight is 799 g/mol. The Bertz CT molecular complexity index is 3570. The summed E-state index contributed by atoms with van der Waals surface area (Å²) in [7, 11) is 0. The predicted octanol–water partition coefficient (Wildman–Crippen LogP) is 15.2. The molecule has 0 saturated carbocycles. The zero-order valence-electron chi connectivity index (χ0n) is 35.5. The number of benzene rings is 8. The summed E-state index contributed by atoms with van der Waals surface area (Å²) in [6, 6.07) is 66.1. The van der Waals surface area contributed by atoms with Crippen LogP contribution in [0.2, 0.25) is 0 Å². The second-order valence-electron chi connectivity index (χ2n) is 18.5. The van der Waals surface area contributed by atoms with Gasteiger partial charge in [0, 0.05) is 49.6 Å². The summed E-state index contributed by atoms with van der Waals surface area (Å²) in [5.74, 6) is 0.701. The molecule has 0 aliphatic heterocycles. The van der Waals surface area contributed by atoms with Crippen molar-refractivity contribution in [2.75, 3.05) is 0 Å². The monoisotopic (exact) mass is 798 g/mol. The largest absolute Gasteiger partial charge is 0.309 e. The van der Waals surface area contributed by atoms with Crippen molar-refractivity contribution in [3.8, 4) is 45.3 Å². The van der Waals surface area contributed by atoms with Crippen LogP contribution in [0.3, 0.4) is 0 Å². The molecule has 0 N–H and O–H groups in total. The van der Waals surface area contributed by atoms with Gasteiger partial charge >= 0.3 is 0 Å². The average Bonchev–Trinajstić information content (AvgIpc) is 3.82. The first-order chi connectivity index (χ1) is 30.2. The zero-order chi connectivity index (χ0) is 41.7. The lowest BCUT2D eigenvalue weighted by atomic mass is 9.63. The minimum atomic E-state index is 0.0798. The highest BCUT2D eigenvalue weighted by atomic mass is 15.0. The van der Waals surface area contributed by atoms with E-state index < -0.39 is 0 Å². The minimum absolute atomic E-state index is 0.0798. The third-order valence-corrected chi connectivity index (χ3v) is 13.8. The van der Waals surface area contributed by atoms with E-state index in [0.717, 1.165) is 62.2 Å². The maximum absolute atomic E-state index is 5.51. The van der Waals surface area contributed by atoms with Crippen LogP contribution in [0.25, 0.3) is 99.7 Å². The Kier molecular flexibility index (Phi) is 8.02. The third kappa shape index (κ3) is 5.66. The Hall–Kier alpha value is -7.30. The second kappa shape index (κ2) is 13.6. The molecule has 0 saturated heterocycles. The van der Waals surface area contributed by atoms with Crippen molar-refractivity contribution in [1.29, 1.82) is 0 Å². The van der Waals surface area contributed by atoms with Crippen LogP contribution in [-0.2, 0) is 10.8 Å². The van der Waals surface area contributed by atoms with Gasteiger partial charge in [0.2, 0.25) is 0 Å². The molecule has 11 aromatic rings. The third-order valence-electron chi connectivity index (χ3n) is 13.8. The number of rotatable bonds is 5. The summed E-state index contributed by atoms with van der Waals surface area (Å²) in [5, 5.41) is 7.24. The highest BCUT2D eigenvalue weighted by Gasteiger charge is 2.38. The number of para-hydroxylation sites is 3. The molecule has 3 heterocycles. The van der Waals surface area contributed by atoms with Crippen LogP contribution < -0.4 is 0 Å². The van der Waals surface area contributed by atoms with Crippen LogP contribution in [0.1, 0.15) is 51.7 Å². The van der Waals surface area contributed by atoms with E-state index in [9.17, 15) is 0 Å². The van der Waals surface area contributed by atoms with Crippen molar-refractivity contribution in [3.05, 3.63) is 193 Å². The van der Waals surface area contributed by atoms with Crippen LogP contribution in [-0.4, -0.2) is 19.1 Å². The van der Waals surface area contributed by atoms with Gasteiger partial charge in [-0.05, 0) is 112 Å². The number of hydrogen-bond donors (Lipinski definition) is 0. The van der Waals surface area contributed by atoms with Gasteiger partial charge in [0.05, 0.1) is 33.5 Å². The summed E-state index contributed by atoms with van der Waals surface area (Å²) in [6.07, 6.45) is 2.35. The lowest BCUT2D eigenvalue weighted by Crippen LogP contribution is -2.33. The van der Waals surface area contributed by atoms with E-state index in [1.165, 1.54) is 55.6 Å². The minimum Gasteiger partial charge on any atom is -0.309 e. The Morgan fingerprint density at radius 1 is 0.387 bits per heavy atom. The molecule has 0 atom stereocenters. The predicted molar refractivity (Wildman–Crippen MR) is 260 cm³/mol. The van der Waals surface area contributed by atoms with Gasteiger partial charge in [-0.2, -0.15) is 0 Å². The first kappa shape index (κ1) is 36.5. The standard InChI is InChI=1S/C58H46N4/c1-57(2)29-30-58(3,4)49-35-55-46(34-48(49)57)44-24-14-16-26-53(44)62(55)41-31-38-19-11-12-22-42(38)47(33-41)56-59-50(37-17-7-5-8-18-37)36-51(60-56)39-27-28-54-45(32-39)43-23-13-15-25-52(43)61(54)40-20-9-6-10-21-40/h5-28,31-36H,29-30H2,1-4H3. The van der Waals surface area contributed by atoms with Crippen molar-refractivity contribution in [3.63, 3.8) is 0 Å². The van der Waals surface area contributed by atoms with E-state index in [1.807, 2.05) is 0 Å². The van der Waals surface area contributed by atoms with Crippen LogP contribution in [0.4, 0.5) is 0 Å². The molecule has 0 bridgehead atoms. The number of fused-ring (bicyclic) bond motifs is 8. The van der Waals surface area contributed by atoms with E-state index in [1.54, 1.807) is 0 Å². The fourth-order valence-electron chi connectivity index (χ4n) is 10.4. The molecule has 12 rings (SSSR count). The van der Waals surface area contributed by atoms with Gasteiger partial charge in [-0.1, -0.05) is 143 Å². The molecule has 1 aliphatic carbocycles. The highest BCUT2D eigenvalue weighted by Crippen LogP contribution is 2.49. The van der Waals surface area contributed by atoms with Gasteiger partial charge in [-0.3, -0.25) is 0 Å². The van der Waals surface area contributed by atoms with Crippen LogP contribution >= 0.6 is 0 Å². The van der Waals surface area contributed by atoms with Gasteiger partial charge < -0.3 is 9.13 Å². The second-order valence-corrected chi connectivity index (χ2v) is 18.5. The van der Waals surface area contributed by atoms with Crippen molar-refractivity contribution in [2.45, 2.75) is 51.4 Å². The van der Waals surface area contributed by atoms with Crippen LogP contribution in [0.15, 0.2) is 182 Å². The molecular formula is C58H46N4. The normalized spacial score (nSPS) is 14.6. The first-order valence-corrected chi connectivity index (χ1v) is 21.9. The van der Waals surface area contributed by atoms with Crippen molar-refractivity contribution >= 4 is 54.4 Å². The molecule has 0 radical (unpaired) electrons. The summed E-state index contributed by atoms with van der Waals surface area (Å²) in [6.45, 7) is 9.67. The van der Waals surface area contributed by atoms with E-state index in [0.29, 0.717) is 5.82 Å². The molecule has 0 unspecified atom stereocenters. The molecule has 4 nitrogen and oxygen atoms in total. The Balaban J connectivity index is 1.11. The molecule has 0 spiro atoms. The highest BCUT2D eigenvalue weighted by molar-refractivity contribution is 6.12. The Labute approximate surface area is 361 Å². The molecule has 0 amide bonds. The Morgan fingerprint density at radius 2 is 0.919 bits per heavy atom. The maximum atomic E-state index is 5.51. The van der Waals surface area contributed by atoms with E-state index in [4.69, 9.17) is 9.97 Å². The van der Waals surface area contributed by atoms with Gasteiger partial charge in [0.1, 0.15) is 0 Å². The van der Waals surface area contributed by atoms with Gasteiger partial charge in [-0.25, -0.2) is 9.97 Å². The smallest absolute Gasteiger partial charge is 0.161 e. The molecule has 298 valence electrons. The van der Waals surface area contributed by atoms with Gasteiger partial charge in [0.15, 0.2) is 5.82 Å². The van der Waals surface area contributed by atoms with Gasteiger partial charge in [0.25, 0.3) is 0 Å². The van der Waals surface area contributed by atoms with E-state index in [2.05, 4.69) is 219 Å². The molecule has 4 heteroatoms. The molecule has 3 aromatic heterocycles. The van der Waals surface area contributed by atoms with Crippen molar-refractivity contribution in [1.82, 2.24) is 19.1 Å². The summed E-state index contributed by atoms with van der Waals surface area (Å²) < 4.78 is 4.84. The summed E-state index contributed by atoms with van der Waals surface area (Å²) >= 11 is 0. The number of hydrogen-bond acceptors (Lipinski definition) is 2.